The van der Waals surface area contributed by atoms with Crippen LogP contribution < -0.4 is 4.74 Å². The van der Waals surface area contributed by atoms with Gasteiger partial charge in [0.25, 0.3) is 0 Å². The number of rotatable bonds is 3. The molecule has 3 heteroatoms. The van der Waals surface area contributed by atoms with Gasteiger partial charge in [-0.05, 0) is 32.0 Å². The third-order valence-corrected chi connectivity index (χ3v) is 2.19. The Morgan fingerprint density at radius 3 is 2.69 bits per heavy atom. The molecule has 1 aromatic carbocycles. The minimum atomic E-state index is 0.126. The quantitative estimate of drug-likeness (QED) is 0.762. The highest BCUT2D eigenvalue weighted by molar-refractivity contribution is 9.10. The van der Waals surface area contributed by atoms with E-state index in [0.29, 0.717) is 5.56 Å². The van der Waals surface area contributed by atoms with Crippen LogP contribution in [0, 0.1) is 0 Å². The van der Waals surface area contributed by atoms with E-state index < -0.39 is 0 Å². The molecule has 0 aliphatic heterocycles. The first-order valence-electron chi connectivity index (χ1n) is 4.05. The maximum Gasteiger partial charge on any atom is 0.151 e. The first-order chi connectivity index (χ1) is 6.13. The fourth-order valence-electron chi connectivity index (χ4n) is 0.958. The van der Waals surface area contributed by atoms with E-state index in [1.807, 2.05) is 19.9 Å². The summed E-state index contributed by atoms with van der Waals surface area (Å²) in [5, 5.41) is 0. The lowest BCUT2D eigenvalue weighted by Crippen LogP contribution is -2.05. The second kappa shape index (κ2) is 4.42. The summed E-state index contributed by atoms with van der Waals surface area (Å²) in [4.78, 5) is 10.6. The number of hydrogen-bond donors (Lipinski definition) is 0. The Labute approximate surface area is 86.0 Å². The maximum absolute atomic E-state index is 10.6. The SMILES string of the molecule is CC(C)Oc1ccc(Br)c(C=O)c1. The summed E-state index contributed by atoms with van der Waals surface area (Å²) in [6, 6.07) is 5.36. The summed E-state index contributed by atoms with van der Waals surface area (Å²) < 4.78 is 6.22. The van der Waals surface area contributed by atoms with Crippen LogP contribution in [-0.4, -0.2) is 12.4 Å². The zero-order valence-corrected chi connectivity index (χ0v) is 9.17. The van der Waals surface area contributed by atoms with Crippen LogP contribution in [0.15, 0.2) is 22.7 Å². The van der Waals surface area contributed by atoms with Crippen LogP contribution in [0.5, 0.6) is 5.75 Å². The molecule has 0 aliphatic carbocycles. The van der Waals surface area contributed by atoms with Crippen molar-refractivity contribution in [1.29, 1.82) is 0 Å². The molecule has 0 heterocycles. The van der Waals surface area contributed by atoms with E-state index in [-0.39, 0.29) is 6.10 Å². The standard InChI is InChI=1S/C10H11BrO2/c1-7(2)13-9-3-4-10(11)8(5-9)6-12/h3-7H,1-2H3. The number of benzene rings is 1. The van der Waals surface area contributed by atoms with Gasteiger partial charge in [0.1, 0.15) is 5.75 Å². The summed E-state index contributed by atoms with van der Waals surface area (Å²) in [6.07, 6.45) is 0.928. The normalized spacial score (nSPS) is 10.2. The Bertz CT molecular complexity index is 308. The van der Waals surface area contributed by atoms with Crippen molar-refractivity contribution in [2.45, 2.75) is 20.0 Å². The Kier molecular flexibility index (Phi) is 3.48. The smallest absolute Gasteiger partial charge is 0.151 e. The Balaban J connectivity index is 2.92. The molecule has 0 fully saturated rings. The summed E-state index contributed by atoms with van der Waals surface area (Å²) in [5.74, 6) is 0.723. The van der Waals surface area contributed by atoms with E-state index in [1.54, 1.807) is 12.1 Å². The summed E-state index contributed by atoms with van der Waals surface area (Å²) in [6.45, 7) is 3.89. The van der Waals surface area contributed by atoms with Gasteiger partial charge in [-0.3, -0.25) is 4.79 Å². The summed E-state index contributed by atoms with van der Waals surface area (Å²) in [7, 11) is 0. The molecule has 0 spiro atoms. The van der Waals surface area contributed by atoms with Gasteiger partial charge in [0, 0.05) is 10.0 Å². The minimum Gasteiger partial charge on any atom is -0.491 e. The molecule has 0 saturated carbocycles. The van der Waals surface area contributed by atoms with E-state index in [1.165, 1.54) is 0 Å². The number of aldehydes is 1. The van der Waals surface area contributed by atoms with Crippen molar-refractivity contribution in [1.82, 2.24) is 0 Å². The molecule has 13 heavy (non-hydrogen) atoms. The zero-order valence-electron chi connectivity index (χ0n) is 7.58. The van der Waals surface area contributed by atoms with E-state index in [0.717, 1.165) is 16.5 Å². The second-order valence-corrected chi connectivity index (χ2v) is 3.82. The highest BCUT2D eigenvalue weighted by Gasteiger charge is 2.02. The summed E-state index contributed by atoms with van der Waals surface area (Å²) in [5.41, 5.74) is 0.609. The molecular formula is C10H11BrO2. The van der Waals surface area contributed by atoms with Gasteiger partial charge in [-0.25, -0.2) is 0 Å². The molecule has 0 aromatic heterocycles. The predicted octanol–water partition coefficient (Wildman–Crippen LogP) is 3.05. The molecule has 70 valence electrons. The molecule has 2 nitrogen and oxygen atoms in total. The van der Waals surface area contributed by atoms with Gasteiger partial charge in [-0.15, -0.1) is 0 Å². The third kappa shape index (κ3) is 2.84. The highest BCUT2D eigenvalue weighted by Crippen LogP contribution is 2.21. The molecular weight excluding hydrogens is 232 g/mol. The van der Waals surface area contributed by atoms with Gasteiger partial charge in [0.2, 0.25) is 0 Å². The number of carbonyl (C=O) groups is 1. The maximum atomic E-state index is 10.6. The molecule has 0 atom stereocenters. The van der Waals surface area contributed by atoms with Crippen molar-refractivity contribution in [2.24, 2.45) is 0 Å². The van der Waals surface area contributed by atoms with Crippen LogP contribution in [0.1, 0.15) is 24.2 Å². The van der Waals surface area contributed by atoms with Crippen molar-refractivity contribution in [3.63, 3.8) is 0 Å². The molecule has 0 aliphatic rings. The van der Waals surface area contributed by atoms with Crippen LogP contribution in [0.2, 0.25) is 0 Å². The topological polar surface area (TPSA) is 26.3 Å². The molecule has 1 aromatic rings. The van der Waals surface area contributed by atoms with Gasteiger partial charge in [-0.2, -0.15) is 0 Å². The largest absolute Gasteiger partial charge is 0.491 e. The number of carbonyl (C=O) groups excluding carboxylic acids is 1. The Morgan fingerprint density at radius 1 is 1.46 bits per heavy atom. The monoisotopic (exact) mass is 242 g/mol. The Morgan fingerprint density at radius 2 is 2.15 bits per heavy atom. The van der Waals surface area contributed by atoms with Gasteiger partial charge in [-0.1, -0.05) is 15.9 Å². The average molecular weight is 243 g/mol. The van der Waals surface area contributed by atoms with Crippen LogP contribution >= 0.6 is 15.9 Å². The lowest BCUT2D eigenvalue weighted by molar-refractivity contribution is 0.112. The van der Waals surface area contributed by atoms with E-state index in [9.17, 15) is 4.79 Å². The van der Waals surface area contributed by atoms with Crippen LogP contribution in [0.4, 0.5) is 0 Å². The number of halogens is 1. The average Bonchev–Trinajstić information content (AvgIpc) is 2.07. The van der Waals surface area contributed by atoms with Gasteiger partial charge < -0.3 is 4.74 Å². The zero-order chi connectivity index (χ0) is 9.84. The summed E-state index contributed by atoms with van der Waals surface area (Å²) >= 11 is 3.27. The first-order valence-corrected chi connectivity index (χ1v) is 4.84. The number of ether oxygens (including phenoxy) is 1. The molecule has 0 N–H and O–H groups in total. The van der Waals surface area contributed by atoms with Crippen LogP contribution in [0.25, 0.3) is 0 Å². The van der Waals surface area contributed by atoms with Crippen molar-refractivity contribution in [2.75, 3.05) is 0 Å². The van der Waals surface area contributed by atoms with E-state index in [4.69, 9.17) is 4.74 Å². The second-order valence-electron chi connectivity index (χ2n) is 2.97. The third-order valence-electron chi connectivity index (χ3n) is 1.47. The molecule has 0 bridgehead atoms. The van der Waals surface area contributed by atoms with E-state index >= 15 is 0 Å². The van der Waals surface area contributed by atoms with Crippen LogP contribution in [-0.2, 0) is 0 Å². The molecule has 0 amide bonds. The molecule has 0 radical (unpaired) electrons. The predicted molar refractivity (Wildman–Crippen MR) is 55.3 cm³/mol. The lowest BCUT2D eigenvalue weighted by atomic mass is 10.2. The molecule has 0 saturated heterocycles. The fourth-order valence-corrected chi connectivity index (χ4v) is 1.30. The van der Waals surface area contributed by atoms with Gasteiger partial charge in [0.05, 0.1) is 6.10 Å². The van der Waals surface area contributed by atoms with Crippen molar-refractivity contribution in [3.8, 4) is 5.75 Å². The lowest BCUT2D eigenvalue weighted by Gasteiger charge is -2.09. The van der Waals surface area contributed by atoms with Gasteiger partial charge >= 0.3 is 0 Å². The van der Waals surface area contributed by atoms with Crippen LogP contribution in [0.3, 0.4) is 0 Å². The number of hydrogen-bond acceptors (Lipinski definition) is 2. The van der Waals surface area contributed by atoms with Crippen molar-refractivity contribution in [3.05, 3.63) is 28.2 Å². The van der Waals surface area contributed by atoms with Crippen molar-refractivity contribution < 1.29 is 9.53 Å². The van der Waals surface area contributed by atoms with Crippen molar-refractivity contribution >= 4 is 22.2 Å². The highest BCUT2D eigenvalue weighted by atomic mass is 79.9. The molecule has 1 rings (SSSR count). The Hall–Kier alpha value is -0.830. The molecule has 0 unspecified atom stereocenters. The van der Waals surface area contributed by atoms with E-state index in [2.05, 4.69) is 15.9 Å². The minimum absolute atomic E-state index is 0.126. The first kappa shape index (κ1) is 10.3. The van der Waals surface area contributed by atoms with Gasteiger partial charge in [0.15, 0.2) is 6.29 Å². The fraction of sp³-hybridized carbons (Fsp3) is 0.300.